The second kappa shape index (κ2) is 5.86. The van der Waals surface area contributed by atoms with E-state index in [4.69, 9.17) is 5.14 Å². The van der Waals surface area contributed by atoms with Crippen LogP contribution in [0.15, 0.2) is 47.6 Å². The van der Waals surface area contributed by atoms with E-state index in [9.17, 15) is 8.42 Å². The first-order valence-electron chi connectivity index (χ1n) is 8.35. The van der Waals surface area contributed by atoms with Gasteiger partial charge in [-0.1, -0.05) is 18.2 Å². The minimum atomic E-state index is -3.69. The number of hydrogen-bond acceptors (Lipinski definition) is 4. The minimum absolute atomic E-state index is 0.204. The highest BCUT2D eigenvalue weighted by atomic mass is 32.2. The Labute approximate surface area is 142 Å². The first-order valence-corrected chi connectivity index (χ1v) is 9.90. The maximum absolute atomic E-state index is 11.8. The molecule has 2 fully saturated rings. The van der Waals surface area contributed by atoms with E-state index in [2.05, 4.69) is 16.0 Å². The normalized spacial score (nSPS) is 23.5. The van der Waals surface area contributed by atoms with Crippen molar-refractivity contribution in [2.45, 2.75) is 36.0 Å². The van der Waals surface area contributed by atoms with Crippen molar-refractivity contribution in [1.29, 1.82) is 0 Å². The molecule has 0 spiro atoms. The van der Waals surface area contributed by atoms with Gasteiger partial charge in [-0.05, 0) is 54.4 Å². The molecule has 126 valence electrons. The molecule has 2 aliphatic rings. The molecule has 2 heterocycles. The molecule has 1 aliphatic carbocycles. The molecule has 2 unspecified atom stereocenters. The number of nitrogens with two attached hydrogens (primary N) is 1. The van der Waals surface area contributed by atoms with E-state index in [-0.39, 0.29) is 10.8 Å². The number of anilines is 1. The summed E-state index contributed by atoms with van der Waals surface area (Å²) in [6.45, 7) is 2.18. The Bertz CT molecular complexity index is 860. The van der Waals surface area contributed by atoms with Gasteiger partial charge in [0.25, 0.3) is 0 Å². The molecule has 5 nitrogen and oxygen atoms in total. The van der Waals surface area contributed by atoms with Gasteiger partial charge in [0.2, 0.25) is 10.0 Å². The zero-order chi connectivity index (χ0) is 16.7. The summed E-state index contributed by atoms with van der Waals surface area (Å²) in [6.07, 6.45) is 7.24. The monoisotopic (exact) mass is 343 g/mol. The van der Waals surface area contributed by atoms with Crippen LogP contribution in [-0.2, 0) is 10.0 Å². The molecule has 6 heteroatoms. The van der Waals surface area contributed by atoms with Gasteiger partial charge in [-0.2, -0.15) is 0 Å². The number of pyridine rings is 1. The second-order valence-electron chi connectivity index (χ2n) is 6.70. The predicted octanol–water partition coefficient (Wildman–Crippen LogP) is 2.60. The number of rotatable bonds is 4. The van der Waals surface area contributed by atoms with Gasteiger partial charge in [0, 0.05) is 19.3 Å². The Kier molecular flexibility index (Phi) is 3.81. The average Bonchev–Trinajstić information content (AvgIpc) is 3.19. The van der Waals surface area contributed by atoms with E-state index in [1.807, 2.05) is 24.5 Å². The first-order chi connectivity index (χ1) is 11.5. The molecule has 1 aromatic heterocycles. The highest BCUT2D eigenvalue weighted by molar-refractivity contribution is 7.89. The van der Waals surface area contributed by atoms with Crippen LogP contribution in [0.5, 0.6) is 0 Å². The maximum atomic E-state index is 11.8. The SMILES string of the molecule is NS(=O)(=O)c1ccccc1C1CC1c1cncc(N2CCCC2)c1. The van der Waals surface area contributed by atoms with Crippen molar-refractivity contribution in [2.75, 3.05) is 18.0 Å². The molecule has 0 amide bonds. The lowest BCUT2D eigenvalue weighted by atomic mass is 10.1. The number of primary sulfonamides is 1. The third kappa shape index (κ3) is 2.91. The lowest BCUT2D eigenvalue weighted by Crippen LogP contribution is -2.17. The number of aromatic nitrogens is 1. The van der Waals surface area contributed by atoms with Gasteiger partial charge in [0.05, 0.1) is 16.8 Å². The molecule has 1 aromatic carbocycles. The summed E-state index contributed by atoms with van der Waals surface area (Å²) in [5.41, 5.74) is 3.19. The summed E-state index contributed by atoms with van der Waals surface area (Å²) in [5.74, 6) is 0.526. The van der Waals surface area contributed by atoms with E-state index >= 15 is 0 Å². The fraction of sp³-hybridized carbons (Fsp3) is 0.389. The Hall–Kier alpha value is -1.92. The highest BCUT2D eigenvalue weighted by Crippen LogP contribution is 2.56. The number of hydrogen-bond donors (Lipinski definition) is 1. The summed E-state index contributed by atoms with van der Waals surface area (Å²) in [5, 5.41) is 5.37. The largest absolute Gasteiger partial charge is 0.370 e. The summed E-state index contributed by atoms with van der Waals surface area (Å²) >= 11 is 0. The Morgan fingerprint density at radius 2 is 1.83 bits per heavy atom. The van der Waals surface area contributed by atoms with Gasteiger partial charge < -0.3 is 4.90 Å². The number of sulfonamides is 1. The molecule has 0 bridgehead atoms. The Morgan fingerprint density at radius 1 is 1.08 bits per heavy atom. The average molecular weight is 343 g/mol. The highest BCUT2D eigenvalue weighted by Gasteiger charge is 2.42. The van der Waals surface area contributed by atoms with E-state index in [0.29, 0.717) is 5.92 Å². The van der Waals surface area contributed by atoms with Crippen LogP contribution < -0.4 is 10.0 Å². The van der Waals surface area contributed by atoms with Crippen molar-refractivity contribution in [1.82, 2.24) is 4.98 Å². The smallest absolute Gasteiger partial charge is 0.238 e. The summed E-state index contributed by atoms with van der Waals surface area (Å²) in [7, 11) is -3.69. The molecule has 1 saturated carbocycles. The third-order valence-electron chi connectivity index (χ3n) is 5.06. The predicted molar refractivity (Wildman–Crippen MR) is 93.6 cm³/mol. The molecule has 2 N–H and O–H groups in total. The molecular weight excluding hydrogens is 322 g/mol. The van der Waals surface area contributed by atoms with Crippen LogP contribution >= 0.6 is 0 Å². The van der Waals surface area contributed by atoms with Crippen LogP contribution in [0.4, 0.5) is 5.69 Å². The Morgan fingerprint density at radius 3 is 2.58 bits per heavy atom. The van der Waals surface area contributed by atoms with E-state index < -0.39 is 10.0 Å². The van der Waals surface area contributed by atoms with Gasteiger partial charge in [-0.15, -0.1) is 0 Å². The van der Waals surface area contributed by atoms with Crippen LogP contribution in [0.25, 0.3) is 0 Å². The van der Waals surface area contributed by atoms with E-state index in [1.54, 1.807) is 12.1 Å². The molecular formula is C18H21N3O2S. The molecule has 1 saturated heterocycles. The zero-order valence-electron chi connectivity index (χ0n) is 13.4. The van der Waals surface area contributed by atoms with Crippen molar-refractivity contribution in [3.8, 4) is 0 Å². The van der Waals surface area contributed by atoms with Crippen molar-refractivity contribution < 1.29 is 8.42 Å². The van der Waals surface area contributed by atoms with Gasteiger partial charge in [-0.25, -0.2) is 13.6 Å². The van der Waals surface area contributed by atoms with Gasteiger partial charge in [0.15, 0.2) is 0 Å². The van der Waals surface area contributed by atoms with Gasteiger partial charge in [-0.3, -0.25) is 4.98 Å². The Balaban J connectivity index is 1.60. The van der Waals surface area contributed by atoms with Crippen LogP contribution in [0.2, 0.25) is 0 Å². The zero-order valence-corrected chi connectivity index (χ0v) is 14.2. The standard InChI is InChI=1S/C18H21N3O2S/c19-24(22,23)18-6-2-1-5-15(18)17-10-16(17)13-9-14(12-20-11-13)21-7-3-4-8-21/h1-2,5-6,9,11-12,16-17H,3-4,7-8,10H2,(H2,19,22,23). The van der Waals surface area contributed by atoms with Crippen molar-refractivity contribution in [3.63, 3.8) is 0 Å². The lowest BCUT2D eigenvalue weighted by Gasteiger charge is -2.17. The fourth-order valence-electron chi connectivity index (χ4n) is 3.75. The van der Waals surface area contributed by atoms with Gasteiger partial charge in [0.1, 0.15) is 0 Å². The molecule has 2 aromatic rings. The molecule has 4 rings (SSSR count). The van der Waals surface area contributed by atoms with Crippen LogP contribution in [0.1, 0.15) is 42.2 Å². The minimum Gasteiger partial charge on any atom is -0.370 e. The van der Waals surface area contributed by atoms with Gasteiger partial charge >= 0.3 is 0 Å². The second-order valence-corrected chi connectivity index (χ2v) is 8.23. The molecule has 0 radical (unpaired) electrons. The number of nitrogens with zero attached hydrogens (tertiary/aromatic N) is 2. The van der Waals surface area contributed by atoms with Crippen molar-refractivity contribution >= 4 is 15.7 Å². The van der Waals surface area contributed by atoms with Crippen LogP contribution in [0.3, 0.4) is 0 Å². The lowest BCUT2D eigenvalue weighted by molar-refractivity contribution is 0.596. The molecule has 2 atom stereocenters. The molecule has 24 heavy (non-hydrogen) atoms. The van der Waals surface area contributed by atoms with Crippen molar-refractivity contribution in [2.24, 2.45) is 5.14 Å². The quantitative estimate of drug-likeness (QED) is 0.926. The topological polar surface area (TPSA) is 76.3 Å². The summed E-state index contributed by atoms with van der Waals surface area (Å²) in [6, 6.07) is 9.28. The van der Waals surface area contributed by atoms with E-state index in [1.165, 1.54) is 24.1 Å². The fourth-order valence-corrected chi connectivity index (χ4v) is 4.57. The summed E-state index contributed by atoms with van der Waals surface area (Å²) in [4.78, 5) is 7.02. The van der Waals surface area contributed by atoms with Crippen LogP contribution in [0, 0.1) is 0 Å². The van der Waals surface area contributed by atoms with Crippen LogP contribution in [-0.4, -0.2) is 26.5 Å². The van der Waals surface area contributed by atoms with Crippen molar-refractivity contribution in [3.05, 3.63) is 53.9 Å². The maximum Gasteiger partial charge on any atom is 0.238 e. The first kappa shape index (κ1) is 15.6. The van der Waals surface area contributed by atoms with E-state index in [0.717, 1.165) is 25.1 Å². The number of benzene rings is 1. The third-order valence-corrected chi connectivity index (χ3v) is 6.04. The summed E-state index contributed by atoms with van der Waals surface area (Å²) < 4.78 is 23.6. The molecule has 1 aliphatic heterocycles.